The van der Waals surface area contributed by atoms with Gasteiger partial charge in [0.15, 0.2) is 5.96 Å². The van der Waals surface area contributed by atoms with Gasteiger partial charge in [-0.2, -0.15) is 0 Å². The summed E-state index contributed by atoms with van der Waals surface area (Å²) in [5.41, 5.74) is 0. The molecular formula is C17H35IN4O2. The van der Waals surface area contributed by atoms with E-state index in [0.29, 0.717) is 12.0 Å². The molecule has 7 heteroatoms. The van der Waals surface area contributed by atoms with Gasteiger partial charge < -0.3 is 20.1 Å². The largest absolute Gasteiger partial charge is 0.381 e. The average molecular weight is 454 g/mol. The molecule has 2 aliphatic rings. The van der Waals surface area contributed by atoms with Crippen LogP contribution < -0.4 is 10.6 Å². The molecular weight excluding hydrogens is 419 g/mol. The molecule has 0 aromatic carbocycles. The number of ether oxygens (including phenoxy) is 2. The van der Waals surface area contributed by atoms with Crippen LogP contribution in [0.15, 0.2) is 4.99 Å². The third-order valence-electron chi connectivity index (χ3n) is 4.74. The average Bonchev–Trinajstić information content (AvgIpc) is 3.29. The minimum Gasteiger partial charge on any atom is -0.381 e. The Morgan fingerprint density at radius 1 is 1.33 bits per heavy atom. The van der Waals surface area contributed by atoms with Crippen molar-refractivity contribution >= 4 is 29.9 Å². The van der Waals surface area contributed by atoms with Crippen molar-refractivity contribution in [2.75, 3.05) is 53.6 Å². The normalized spacial score (nSPS) is 22.3. The van der Waals surface area contributed by atoms with Gasteiger partial charge in [0.1, 0.15) is 0 Å². The van der Waals surface area contributed by atoms with Crippen LogP contribution in [-0.2, 0) is 9.47 Å². The Bertz CT molecular complexity index is 360. The molecule has 2 unspecified atom stereocenters. The number of likely N-dealkylation sites (N-methyl/N-ethyl adjacent to an activating group) is 1. The summed E-state index contributed by atoms with van der Waals surface area (Å²) in [6.07, 6.45) is 4.83. The Kier molecular flexibility index (Phi) is 11.2. The van der Waals surface area contributed by atoms with Crippen LogP contribution in [0.4, 0.5) is 0 Å². The molecule has 1 saturated heterocycles. The first kappa shape index (κ1) is 21.9. The van der Waals surface area contributed by atoms with E-state index in [2.05, 4.69) is 34.5 Å². The first-order valence-corrected chi connectivity index (χ1v) is 9.02. The Morgan fingerprint density at radius 3 is 2.75 bits per heavy atom. The van der Waals surface area contributed by atoms with Crippen LogP contribution in [0.1, 0.15) is 32.6 Å². The van der Waals surface area contributed by atoms with Gasteiger partial charge in [0.05, 0.1) is 13.2 Å². The van der Waals surface area contributed by atoms with E-state index in [-0.39, 0.29) is 24.0 Å². The Labute approximate surface area is 164 Å². The van der Waals surface area contributed by atoms with E-state index in [0.717, 1.165) is 64.4 Å². The van der Waals surface area contributed by atoms with Crippen molar-refractivity contribution in [3.05, 3.63) is 0 Å². The third kappa shape index (κ3) is 8.31. The van der Waals surface area contributed by atoms with E-state index >= 15 is 0 Å². The van der Waals surface area contributed by atoms with Gasteiger partial charge in [-0.1, -0.05) is 0 Å². The lowest BCUT2D eigenvalue weighted by molar-refractivity contribution is 0.0888. The van der Waals surface area contributed by atoms with Gasteiger partial charge in [-0.05, 0) is 39.7 Å². The van der Waals surface area contributed by atoms with E-state index in [9.17, 15) is 0 Å². The second-order valence-corrected chi connectivity index (χ2v) is 6.78. The summed E-state index contributed by atoms with van der Waals surface area (Å²) in [5, 5.41) is 6.76. The molecule has 1 saturated carbocycles. The van der Waals surface area contributed by atoms with Crippen molar-refractivity contribution in [3.8, 4) is 0 Å². The van der Waals surface area contributed by atoms with E-state index in [1.807, 2.05) is 7.05 Å². The van der Waals surface area contributed by atoms with Gasteiger partial charge in [0.25, 0.3) is 0 Å². The molecule has 2 rings (SSSR count). The lowest BCUT2D eigenvalue weighted by atomic mass is 10.1. The van der Waals surface area contributed by atoms with Crippen molar-refractivity contribution < 1.29 is 9.47 Å². The zero-order valence-corrected chi connectivity index (χ0v) is 17.8. The van der Waals surface area contributed by atoms with Crippen LogP contribution in [0.5, 0.6) is 0 Å². The topological polar surface area (TPSA) is 58.1 Å². The fourth-order valence-electron chi connectivity index (χ4n) is 2.80. The highest BCUT2D eigenvalue weighted by atomic mass is 127. The lowest BCUT2D eigenvalue weighted by Crippen LogP contribution is -2.45. The maximum atomic E-state index is 5.71. The Morgan fingerprint density at radius 2 is 2.12 bits per heavy atom. The van der Waals surface area contributed by atoms with Crippen molar-refractivity contribution in [3.63, 3.8) is 0 Å². The predicted octanol–water partition coefficient (Wildman–Crippen LogP) is 1.70. The molecule has 1 heterocycles. The highest BCUT2D eigenvalue weighted by Crippen LogP contribution is 2.26. The molecule has 142 valence electrons. The predicted molar refractivity (Wildman–Crippen MR) is 109 cm³/mol. The Hall–Kier alpha value is -0.120. The molecule has 2 fully saturated rings. The van der Waals surface area contributed by atoms with Crippen LogP contribution in [0.25, 0.3) is 0 Å². The number of hydrogen-bond donors (Lipinski definition) is 2. The van der Waals surface area contributed by atoms with Gasteiger partial charge in [-0.3, -0.25) is 9.89 Å². The molecule has 0 amide bonds. The number of nitrogens with one attached hydrogen (secondary N) is 2. The number of guanidine groups is 1. The fraction of sp³-hybridized carbons (Fsp3) is 0.941. The van der Waals surface area contributed by atoms with Gasteiger partial charge in [0, 0.05) is 51.4 Å². The lowest BCUT2D eigenvalue weighted by Gasteiger charge is -2.25. The standard InChI is InChI=1S/C17H34N4O2.HI/c1-14(21(3)16-5-6-16)11-20-17(18-2)19-8-4-9-22-12-15-7-10-23-13-15;/h14-16H,4-13H2,1-3H3,(H2,18,19,20);1H. The van der Waals surface area contributed by atoms with E-state index < -0.39 is 0 Å². The van der Waals surface area contributed by atoms with Gasteiger partial charge >= 0.3 is 0 Å². The van der Waals surface area contributed by atoms with Crippen LogP contribution in [0.2, 0.25) is 0 Å². The quantitative estimate of drug-likeness (QED) is 0.228. The number of halogens is 1. The van der Waals surface area contributed by atoms with E-state index in [4.69, 9.17) is 9.47 Å². The summed E-state index contributed by atoms with van der Waals surface area (Å²) in [4.78, 5) is 6.74. The molecule has 0 aromatic rings. The summed E-state index contributed by atoms with van der Waals surface area (Å²) in [6, 6.07) is 1.32. The fourth-order valence-corrected chi connectivity index (χ4v) is 2.80. The van der Waals surface area contributed by atoms with Gasteiger partial charge in [-0.25, -0.2) is 0 Å². The van der Waals surface area contributed by atoms with Crippen LogP contribution in [0.3, 0.4) is 0 Å². The number of nitrogens with zero attached hydrogens (tertiary/aromatic N) is 2. The third-order valence-corrected chi connectivity index (χ3v) is 4.74. The molecule has 2 N–H and O–H groups in total. The molecule has 0 spiro atoms. The SMILES string of the molecule is CN=C(NCCCOCC1CCOC1)NCC(C)N(C)C1CC1.I. The minimum absolute atomic E-state index is 0. The second kappa shape index (κ2) is 12.3. The van der Waals surface area contributed by atoms with Crippen LogP contribution in [0, 0.1) is 5.92 Å². The summed E-state index contributed by atoms with van der Waals surface area (Å²) < 4.78 is 11.1. The summed E-state index contributed by atoms with van der Waals surface area (Å²) in [7, 11) is 4.04. The number of rotatable bonds is 10. The molecule has 0 radical (unpaired) electrons. The second-order valence-electron chi connectivity index (χ2n) is 6.78. The summed E-state index contributed by atoms with van der Waals surface area (Å²) in [5.74, 6) is 1.48. The van der Waals surface area contributed by atoms with Crippen LogP contribution >= 0.6 is 24.0 Å². The Balaban J connectivity index is 0.00000288. The zero-order chi connectivity index (χ0) is 16.5. The molecule has 0 bridgehead atoms. The summed E-state index contributed by atoms with van der Waals surface area (Å²) in [6.45, 7) is 7.45. The summed E-state index contributed by atoms with van der Waals surface area (Å²) >= 11 is 0. The smallest absolute Gasteiger partial charge is 0.191 e. The van der Waals surface area contributed by atoms with Gasteiger partial charge in [-0.15, -0.1) is 24.0 Å². The molecule has 1 aliphatic heterocycles. The van der Waals surface area contributed by atoms with Crippen molar-refractivity contribution in [1.29, 1.82) is 0 Å². The highest BCUT2D eigenvalue weighted by Gasteiger charge is 2.28. The molecule has 0 aromatic heterocycles. The molecule has 2 atom stereocenters. The maximum absolute atomic E-state index is 5.71. The molecule has 1 aliphatic carbocycles. The van der Waals surface area contributed by atoms with Crippen molar-refractivity contribution in [2.45, 2.75) is 44.7 Å². The van der Waals surface area contributed by atoms with Crippen LogP contribution in [-0.4, -0.2) is 76.6 Å². The highest BCUT2D eigenvalue weighted by molar-refractivity contribution is 14.0. The first-order valence-electron chi connectivity index (χ1n) is 9.02. The number of hydrogen-bond acceptors (Lipinski definition) is 4. The minimum atomic E-state index is 0. The van der Waals surface area contributed by atoms with Crippen molar-refractivity contribution in [2.24, 2.45) is 10.9 Å². The van der Waals surface area contributed by atoms with E-state index in [1.54, 1.807) is 0 Å². The maximum Gasteiger partial charge on any atom is 0.191 e. The molecule has 24 heavy (non-hydrogen) atoms. The zero-order valence-electron chi connectivity index (χ0n) is 15.4. The molecule has 6 nitrogen and oxygen atoms in total. The number of aliphatic imine (C=N–C) groups is 1. The van der Waals surface area contributed by atoms with Crippen molar-refractivity contribution in [1.82, 2.24) is 15.5 Å². The first-order chi connectivity index (χ1) is 11.2. The monoisotopic (exact) mass is 454 g/mol. The van der Waals surface area contributed by atoms with E-state index in [1.165, 1.54) is 12.8 Å². The van der Waals surface area contributed by atoms with Gasteiger partial charge in [0.2, 0.25) is 0 Å².